The molecule has 1 aromatic heterocycles. The molecule has 0 saturated heterocycles. The number of hydrogen-bond acceptors (Lipinski definition) is 1. The molecule has 0 radical (unpaired) electrons. The van der Waals surface area contributed by atoms with E-state index in [-0.39, 0.29) is 29.8 Å². The second-order valence-electron chi connectivity index (χ2n) is 5.52. The number of rotatable bonds is 5. The van der Waals surface area contributed by atoms with E-state index in [1.54, 1.807) is 12.1 Å². The molecular formula is C19H22FIN4. The lowest BCUT2D eigenvalue weighted by molar-refractivity contribution is 0.610. The number of aromatic amines is 1. The molecule has 2 aromatic carbocycles. The first-order chi connectivity index (χ1) is 11.8. The highest BCUT2D eigenvalue weighted by molar-refractivity contribution is 14.0. The maximum absolute atomic E-state index is 13.7. The first-order valence-electron chi connectivity index (χ1n) is 8.08. The summed E-state index contributed by atoms with van der Waals surface area (Å²) in [6.45, 7) is 3.67. The normalized spacial score (nSPS) is 11.2. The van der Waals surface area contributed by atoms with E-state index in [0.29, 0.717) is 24.6 Å². The molecule has 0 fully saturated rings. The predicted octanol–water partition coefficient (Wildman–Crippen LogP) is 4.18. The number of nitrogens with zero attached hydrogens (tertiary/aromatic N) is 1. The summed E-state index contributed by atoms with van der Waals surface area (Å²) >= 11 is 0. The van der Waals surface area contributed by atoms with Crippen LogP contribution in [0.1, 0.15) is 18.2 Å². The highest BCUT2D eigenvalue weighted by Crippen LogP contribution is 2.14. The fourth-order valence-electron chi connectivity index (χ4n) is 2.54. The standard InChI is InChI=1S/C19H21FN4.HI/c1-2-21-19(22-12-15-8-3-5-9-17(15)20)23-13-16-11-14-7-4-6-10-18(14)24-16;/h3-11,24H,2,12-13H2,1H3,(H2,21,22,23);1H. The molecule has 0 saturated carbocycles. The molecule has 25 heavy (non-hydrogen) atoms. The summed E-state index contributed by atoms with van der Waals surface area (Å²) in [5.74, 6) is 0.437. The molecule has 4 nitrogen and oxygen atoms in total. The monoisotopic (exact) mass is 452 g/mol. The van der Waals surface area contributed by atoms with E-state index >= 15 is 0 Å². The number of H-pyrrole nitrogens is 1. The molecule has 6 heteroatoms. The summed E-state index contributed by atoms with van der Waals surface area (Å²) in [6, 6.07) is 17.0. The molecular weight excluding hydrogens is 430 g/mol. The van der Waals surface area contributed by atoms with E-state index in [1.807, 2.05) is 25.1 Å². The highest BCUT2D eigenvalue weighted by Gasteiger charge is 2.03. The van der Waals surface area contributed by atoms with E-state index in [0.717, 1.165) is 17.8 Å². The van der Waals surface area contributed by atoms with E-state index in [9.17, 15) is 4.39 Å². The van der Waals surface area contributed by atoms with E-state index in [1.165, 1.54) is 11.5 Å². The minimum Gasteiger partial charge on any atom is -0.357 e. The van der Waals surface area contributed by atoms with Crippen molar-refractivity contribution in [3.63, 3.8) is 0 Å². The van der Waals surface area contributed by atoms with E-state index in [2.05, 4.69) is 38.8 Å². The number of hydrogen-bond donors (Lipinski definition) is 3. The summed E-state index contributed by atoms with van der Waals surface area (Å²) in [6.07, 6.45) is 0. The topological polar surface area (TPSA) is 52.2 Å². The minimum absolute atomic E-state index is 0. The van der Waals surface area contributed by atoms with Gasteiger partial charge < -0.3 is 15.6 Å². The Kier molecular flexibility index (Phi) is 7.24. The second-order valence-corrected chi connectivity index (χ2v) is 5.52. The molecule has 0 aliphatic rings. The summed E-state index contributed by atoms with van der Waals surface area (Å²) < 4.78 is 13.7. The summed E-state index contributed by atoms with van der Waals surface area (Å²) in [5.41, 5.74) is 2.77. The third-order valence-electron chi connectivity index (χ3n) is 3.74. The van der Waals surface area contributed by atoms with Gasteiger partial charge in [0.2, 0.25) is 0 Å². The van der Waals surface area contributed by atoms with Crippen LogP contribution in [0.4, 0.5) is 4.39 Å². The molecule has 0 aliphatic carbocycles. The Balaban J connectivity index is 0.00000225. The van der Waals surface area contributed by atoms with Gasteiger partial charge in [-0.1, -0.05) is 36.4 Å². The van der Waals surface area contributed by atoms with Crippen LogP contribution in [0.5, 0.6) is 0 Å². The zero-order chi connectivity index (χ0) is 16.8. The Hall–Kier alpha value is -2.09. The maximum Gasteiger partial charge on any atom is 0.191 e. The van der Waals surface area contributed by atoms with Crippen molar-refractivity contribution < 1.29 is 4.39 Å². The predicted molar refractivity (Wildman–Crippen MR) is 112 cm³/mol. The van der Waals surface area contributed by atoms with Crippen LogP contribution in [0, 0.1) is 5.82 Å². The quantitative estimate of drug-likeness (QED) is 0.309. The van der Waals surface area contributed by atoms with Crippen molar-refractivity contribution in [3.05, 3.63) is 71.7 Å². The van der Waals surface area contributed by atoms with Crippen LogP contribution in [0.2, 0.25) is 0 Å². The van der Waals surface area contributed by atoms with Gasteiger partial charge in [-0.3, -0.25) is 0 Å². The van der Waals surface area contributed by atoms with E-state index in [4.69, 9.17) is 0 Å². The molecule has 3 rings (SSSR count). The van der Waals surface area contributed by atoms with Gasteiger partial charge in [-0.05, 0) is 30.5 Å². The molecule has 3 N–H and O–H groups in total. The third-order valence-corrected chi connectivity index (χ3v) is 3.74. The Morgan fingerprint density at radius 2 is 1.84 bits per heavy atom. The van der Waals surface area contributed by atoms with Crippen LogP contribution >= 0.6 is 24.0 Å². The van der Waals surface area contributed by atoms with Crippen molar-refractivity contribution in [1.82, 2.24) is 15.6 Å². The van der Waals surface area contributed by atoms with Gasteiger partial charge in [-0.15, -0.1) is 24.0 Å². The summed E-state index contributed by atoms with van der Waals surface area (Å²) in [7, 11) is 0. The van der Waals surface area contributed by atoms with Crippen molar-refractivity contribution >= 4 is 40.8 Å². The van der Waals surface area contributed by atoms with Crippen LogP contribution in [-0.2, 0) is 13.1 Å². The zero-order valence-corrected chi connectivity index (χ0v) is 16.4. The first kappa shape index (κ1) is 19.2. The van der Waals surface area contributed by atoms with Crippen LogP contribution < -0.4 is 10.6 Å². The van der Waals surface area contributed by atoms with Crippen molar-refractivity contribution in [3.8, 4) is 0 Å². The summed E-state index contributed by atoms with van der Waals surface area (Å²) in [5, 5.41) is 7.63. The van der Waals surface area contributed by atoms with Gasteiger partial charge in [0.15, 0.2) is 5.96 Å². The van der Waals surface area contributed by atoms with Gasteiger partial charge in [-0.2, -0.15) is 0 Å². The Morgan fingerprint density at radius 1 is 1.08 bits per heavy atom. The fraction of sp³-hybridized carbons (Fsp3) is 0.211. The molecule has 0 atom stereocenters. The number of guanidine groups is 1. The Labute approximate surface area is 164 Å². The van der Waals surface area contributed by atoms with Gasteiger partial charge in [0.1, 0.15) is 5.82 Å². The van der Waals surface area contributed by atoms with Crippen molar-refractivity contribution in [2.45, 2.75) is 20.0 Å². The highest BCUT2D eigenvalue weighted by atomic mass is 127. The SMILES string of the molecule is CCNC(=NCc1ccccc1F)NCc1cc2ccccc2[nH]1.I. The number of benzene rings is 2. The Bertz CT molecular complexity index is 811. The van der Waals surface area contributed by atoms with E-state index < -0.39 is 0 Å². The van der Waals surface area contributed by atoms with Crippen LogP contribution in [0.15, 0.2) is 59.6 Å². The number of nitrogens with one attached hydrogen (secondary N) is 3. The van der Waals surface area contributed by atoms with Gasteiger partial charge in [0.05, 0.1) is 13.1 Å². The number of para-hydroxylation sites is 1. The van der Waals surface area contributed by atoms with Crippen molar-refractivity contribution in [2.75, 3.05) is 6.54 Å². The molecule has 132 valence electrons. The largest absolute Gasteiger partial charge is 0.357 e. The molecule has 0 unspecified atom stereocenters. The first-order valence-corrected chi connectivity index (χ1v) is 8.08. The van der Waals surface area contributed by atoms with Crippen LogP contribution in [0.25, 0.3) is 10.9 Å². The lowest BCUT2D eigenvalue weighted by Gasteiger charge is -2.10. The van der Waals surface area contributed by atoms with Gasteiger partial charge >= 0.3 is 0 Å². The lowest BCUT2D eigenvalue weighted by atomic mass is 10.2. The average molecular weight is 452 g/mol. The zero-order valence-electron chi connectivity index (χ0n) is 14.1. The molecule has 0 spiro atoms. The van der Waals surface area contributed by atoms with Gasteiger partial charge in [0.25, 0.3) is 0 Å². The minimum atomic E-state index is -0.229. The fourth-order valence-corrected chi connectivity index (χ4v) is 2.54. The van der Waals surface area contributed by atoms with Crippen LogP contribution in [-0.4, -0.2) is 17.5 Å². The summed E-state index contributed by atoms with van der Waals surface area (Å²) in [4.78, 5) is 7.82. The smallest absolute Gasteiger partial charge is 0.191 e. The second kappa shape index (κ2) is 9.41. The molecule has 0 amide bonds. The lowest BCUT2D eigenvalue weighted by Crippen LogP contribution is -2.36. The van der Waals surface area contributed by atoms with Crippen molar-refractivity contribution in [1.29, 1.82) is 0 Å². The average Bonchev–Trinajstić information content (AvgIpc) is 3.01. The molecule has 0 bridgehead atoms. The van der Waals surface area contributed by atoms with Crippen molar-refractivity contribution in [2.24, 2.45) is 4.99 Å². The molecule has 1 heterocycles. The number of aromatic nitrogens is 1. The van der Waals surface area contributed by atoms with Gasteiger partial charge in [-0.25, -0.2) is 9.38 Å². The number of aliphatic imine (C=N–C) groups is 1. The molecule has 0 aliphatic heterocycles. The maximum atomic E-state index is 13.7. The Morgan fingerprint density at radius 3 is 2.60 bits per heavy atom. The number of halogens is 2. The third kappa shape index (κ3) is 5.19. The van der Waals surface area contributed by atoms with Gasteiger partial charge in [0, 0.05) is 23.3 Å². The van der Waals surface area contributed by atoms with Crippen LogP contribution in [0.3, 0.4) is 0 Å². The molecule has 3 aromatic rings. The number of fused-ring (bicyclic) bond motifs is 1.